The molecule has 130 valence electrons. The van der Waals surface area contributed by atoms with Gasteiger partial charge in [-0.3, -0.25) is 9.59 Å². The Labute approximate surface area is 140 Å². The number of carbonyl (C=O) groups is 1. The van der Waals surface area contributed by atoms with Crippen LogP contribution in [0, 0.1) is 5.92 Å². The molecule has 8 heteroatoms. The van der Waals surface area contributed by atoms with Crippen molar-refractivity contribution in [3.05, 3.63) is 22.6 Å². The van der Waals surface area contributed by atoms with E-state index < -0.39 is 6.10 Å². The summed E-state index contributed by atoms with van der Waals surface area (Å²) in [5.41, 5.74) is 1.62. The number of hydrogen-bond donors (Lipinski definition) is 1. The molecule has 0 bridgehead atoms. The number of piperidine rings is 1. The highest BCUT2D eigenvalue weighted by Crippen LogP contribution is 2.21. The average molecular weight is 333 g/mol. The first-order valence-corrected chi connectivity index (χ1v) is 8.28. The lowest BCUT2D eigenvalue weighted by atomic mass is 9.96. The molecule has 2 aliphatic heterocycles. The van der Waals surface area contributed by atoms with Crippen molar-refractivity contribution < 1.29 is 9.63 Å². The third-order valence-electron chi connectivity index (χ3n) is 4.61. The highest BCUT2D eigenvalue weighted by molar-refractivity contribution is 5.91. The summed E-state index contributed by atoms with van der Waals surface area (Å²) in [5.74, 6) is 0.349. The first-order valence-electron chi connectivity index (χ1n) is 8.28. The number of amides is 1. The number of oxime groups is 1. The summed E-state index contributed by atoms with van der Waals surface area (Å²) < 4.78 is 1.32. The van der Waals surface area contributed by atoms with Crippen LogP contribution in [-0.2, 0) is 16.7 Å². The predicted molar refractivity (Wildman–Crippen MR) is 90.0 cm³/mol. The first-order chi connectivity index (χ1) is 11.5. The third-order valence-corrected chi connectivity index (χ3v) is 4.61. The Bertz CT molecular complexity index is 691. The maximum absolute atomic E-state index is 12.0. The minimum Gasteiger partial charge on any atom is -0.382 e. The molecule has 0 spiro atoms. The predicted octanol–water partition coefficient (Wildman–Crippen LogP) is 0.278. The standard InChI is InChI=1S/C16H23N5O3/c1-11-7-14(24-19-11)16(23)17-9-12-3-5-21(6-4-12)13-8-15(22)20(2)18-10-13/h8,10,12,14H,3-7,9H2,1-2H3,(H,17,23)/t14-/m1/s1. The number of aryl methyl sites for hydroxylation is 1. The molecule has 0 saturated carbocycles. The zero-order valence-electron chi connectivity index (χ0n) is 14.1. The van der Waals surface area contributed by atoms with Gasteiger partial charge in [0, 0.05) is 39.2 Å². The maximum atomic E-state index is 12.0. The molecule has 1 aromatic rings. The Hall–Kier alpha value is -2.38. The van der Waals surface area contributed by atoms with Gasteiger partial charge in [0.05, 0.1) is 17.6 Å². The van der Waals surface area contributed by atoms with Gasteiger partial charge < -0.3 is 15.1 Å². The largest absolute Gasteiger partial charge is 0.382 e. The van der Waals surface area contributed by atoms with Gasteiger partial charge in [0.1, 0.15) is 0 Å². The van der Waals surface area contributed by atoms with Gasteiger partial charge >= 0.3 is 0 Å². The SMILES string of the molecule is CC1=NO[C@@H](C(=O)NCC2CCN(c3cnn(C)c(=O)c3)CC2)C1. The molecule has 3 heterocycles. The molecule has 0 radical (unpaired) electrons. The Morgan fingerprint density at radius 3 is 2.79 bits per heavy atom. The normalized spacial score (nSPS) is 21.3. The van der Waals surface area contributed by atoms with Crippen LogP contribution >= 0.6 is 0 Å². The van der Waals surface area contributed by atoms with Crippen LogP contribution < -0.4 is 15.8 Å². The zero-order chi connectivity index (χ0) is 17.1. The van der Waals surface area contributed by atoms with E-state index in [0.717, 1.165) is 37.3 Å². The maximum Gasteiger partial charge on any atom is 0.268 e. The van der Waals surface area contributed by atoms with Crippen LogP contribution in [0.1, 0.15) is 26.2 Å². The second kappa shape index (κ2) is 7.02. The molecule has 3 rings (SSSR count). The number of hydrogen-bond acceptors (Lipinski definition) is 6. The molecular weight excluding hydrogens is 310 g/mol. The number of aromatic nitrogens is 2. The Balaban J connectivity index is 1.44. The second-order valence-electron chi connectivity index (χ2n) is 6.48. The van der Waals surface area contributed by atoms with Gasteiger partial charge in [0.25, 0.3) is 11.5 Å². The molecular formula is C16H23N5O3. The van der Waals surface area contributed by atoms with E-state index in [2.05, 4.69) is 20.5 Å². The van der Waals surface area contributed by atoms with Gasteiger partial charge in [-0.2, -0.15) is 5.10 Å². The molecule has 2 aliphatic rings. The van der Waals surface area contributed by atoms with Crippen molar-refractivity contribution in [2.24, 2.45) is 18.1 Å². The van der Waals surface area contributed by atoms with Crippen LogP contribution in [0.25, 0.3) is 0 Å². The summed E-state index contributed by atoms with van der Waals surface area (Å²) in [7, 11) is 1.64. The van der Waals surface area contributed by atoms with Crippen LogP contribution in [0.3, 0.4) is 0 Å². The van der Waals surface area contributed by atoms with Crippen LogP contribution in [-0.4, -0.2) is 47.1 Å². The first kappa shape index (κ1) is 16.5. The average Bonchev–Trinajstić information content (AvgIpc) is 3.02. The van der Waals surface area contributed by atoms with Gasteiger partial charge in [0.2, 0.25) is 6.10 Å². The van der Waals surface area contributed by atoms with E-state index in [1.165, 1.54) is 4.68 Å². The molecule has 0 aromatic carbocycles. The fourth-order valence-corrected chi connectivity index (χ4v) is 3.02. The third kappa shape index (κ3) is 3.74. The summed E-state index contributed by atoms with van der Waals surface area (Å²) in [6.07, 6.45) is 3.76. The summed E-state index contributed by atoms with van der Waals surface area (Å²) in [6, 6.07) is 1.62. The van der Waals surface area contributed by atoms with E-state index >= 15 is 0 Å². The number of anilines is 1. The Morgan fingerprint density at radius 1 is 1.42 bits per heavy atom. The van der Waals surface area contributed by atoms with Crippen molar-refractivity contribution in [2.75, 3.05) is 24.5 Å². The molecule has 24 heavy (non-hydrogen) atoms. The van der Waals surface area contributed by atoms with Crippen molar-refractivity contribution >= 4 is 17.3 Å². The van der Waals surface area contributed by atoms with Crippen LogP contribution in [0.15, 0.2) is 22.2 Å². The molecule has 0 aliphatic carbocycles. The van der Waals surface area contributed by atoms with Gasteiger partial charge in [-0.25, -0.2) is 4.68 Å². The van der Waals surface area contributed by atoms with Crippen molar-refractivity contribution in [2.45, 2.75) is 32.3 Å². The Kier molecular flexibility index (Phi) is 4.82. The smallest absolute Gasteiger partial charge is 0.268 e. The van der Waals surface area contributed by atoms with E-state index in [4.69, 9.17) is 4.84 Å². The van der Waals surface area contributed by atoms with E-state index in [9.17, 15) is 9.59 Å². The van der Waals surface area contributed by atoms with Crippen molar-refractivity contribution in [3.63, 3.8) is 0 Å². The fraction of sp³-hybridized carbons (Fsp3) is 0.625. The summed E-state index contributed by atoms with van der Waals surface area (Å²) in [5, 5.41) is 10.8. The number of nitrogens with one attached hydrogen (secondary N) is 1. The minimum atomic E-state index is -0.475. The van der Waals surface area contributed by atoms with Gasteiger partial charge in [-0.15, -0.1) is 0 Å². The van der Waals surface area contributed by atoms with E-state index in [0.29, 0.717) is 18.9 Å². The van der Waals surface area contributed by atoms with Gasteiger partial charge in [-0.1, -0.05) is 5.16 Å². The molecule has 8 nitrogen and oxygen atoms in total. The van der Waals surface area contributed by atoms with E-state index in [1.807, 2.05) is 6.92 Å². The van der Waals surface area contributed by atoms with Gasteiger partial charge in [-0.05, 0) is 25.7 Å². The topological polar surface area (TPSA) is 88.8 Å². The molecule has 0 unspecified atom stereocenters. The number of nitrogens with zero attached hydrogens (tertiary/aromatic N) is 4. The second-order valence-corrected chi connectivity index (χ2v) is 6.48. The lowest BCUT2D eigenvalue weighted by Gasteiger charge is -2.33. The molecule has 1 atom stereocenters. The van der Waals surface area contributed by atoms with Gasteiger partial charge in [0.15, 0.2) is 0 Å². The summed E-state index contributed by atoms with van der Waals surface area (Å²) in [4.78, 5) is 31.0. The van der Waals surface area contributed by atoms with Crippen molar-refractivity contribution in [3.8, 4) is 0 Å². The lowest BCUT2D eigenvalue weighted by molar-refractivity contribution is -0.131. The quantitative estimate of drug-likeness (QED) is 0.855. The van der Waals surface area contributed by atoms with E-state index in [1.54, 1.807) is 19.3 Å². The van der Waals surface area contributed by atoms with Crippen LogP contribution in [0.2, 0.25) is 0 Å². The lowest BCUT2D eigenvalue weighted by Crippen LogP contribution is -2.42. The number of carbonyl (C=O) groups excluding carboxylic acids is 1. The summed E-state index contributed by atoms with van der Waals surface area (Å²) >= 11 is 0. The van der Waals surface area contributed by atoms with Crippen LogP contribution in [0.5, 0.6) is 0 Å². The van der Waals surface area contributed by atoms with Crippen molar-refractivity contribution in [1.82, 2.24) is 15.1 Å². The molecule has 1 N–H and O–H groups in total. The highest BCUT2D eigenvalue weighted by atomic mass is 16.6. The fourth-order valence-electron chi connectivity index (χ4n) is 3.02. The number of rotatable bonds is 4. The molecule has 1 fully saturated rings. The van der Waals surface area contributed by atoms with E-state index in [-0.39, 0.29) is 11.5 Å². The monoisotopic (exact) mass is 333 g/mol. The zero-order valence-corrected chi connectivity index (χ0v) is 14.1. The molecule has 1 aromatic heterocycles. The summed E-state index contributed by atoms with van der Waals surface area (Å²) in [6.45, 7) is 4.23. The molecule has 1 amide bonds. The van der Waals surface area contributed by atoms with Crippen molar-refractivity contribution in [1.29, 1.82) is 0 Å². The highest BCUT2D eigenvalue weighted by Gasteiger charge is 2.27. The molecule has 1 saturated heterocycles. The Morgan fingerprint density at radius 2 is 2.17 bits per heavy atom. The van der Waals surface area contributed by atoms with Crippen LogP contribution in [0.4, 0.5) is 5.69 Å². The minimum absolute atomic E-state index is 0.0891.